The lowest BCUT2D eigenvalue weighted by Gasteiger charge is -2.27. The van der Waals surface area contributed by atoms with Gasteiger partial charge in [-0.3, -0.25) is 9.59 Å². The molecule has 1 aliphatic heterocycles. The number of benzene rings is 1. The molecule has 0 aromatic heterocycles. The van der Waals surface area contributed by atoms with Crippen molar-refractivity contribution in [2.45, 2.75) is 19.3 Å². The molecular formula is C15H21ClN3O2+. The quantitative estimate of drug-likeness (QED) is 0.738. The molecule has 0 saturated carbocycles. The van der Waals surface area contributed by atoms with E-state index in [1.165, 1.54) is 4.90 Å². The predicted molar refractivity (Wildman–Crippen MR) is 82.2 cm³/mol. The van der Waals surface area contributed by atoms with Crippen LogP contribution in [0.3, 0.4) is 0 Å². The number of rotatable bonds is 5. The van der Waals surface area contributed by atoms with Crippen LogP contribution in [0.2, 0.25) is 5.02 Å². The SMILES string of the molecule is NC(=O)C1CC[NH+](CCC(=O)Nc2ccc(Cl)cc2)CC1. The number of hydrogen-bond acceptors (Lipinski definition) is 2. The Morgan fingerprint density at radius 3 is 2.43 bits per heavy atom. The Hall–Kier alpha value is -1.59. The number of carbonyl (C=O) groups is 2. The summed E-state index contributed by atoms with van der Waals surface area (Å²) in [5, 5.41) is 3.50. The summed E-state index contributed by atoms with van der Waals surface area (Å²) >= 11 is 5.80. The Labute approximate surface area is 129 Å². The number of halogens is 1. The molecule has 5 nitrogen and oxygen atoms in total. The lowest BCUT2D eigenvalue weighted by Crippen LogP contribution is -3.13. The summed E-state index contributed by atoms with van der Waals surface area (Å²) < 4.78 is 0. The molecule has 1 heterocycles. The molecule has 0 spiro atoms. The molecule has 2 rings (SSSR count). The maximum atomic E-state index is 11.9. The minimum atomic E-state index is -0.200. The van der Waals surface area contributed by atoms with Gasteiger partial charge >= 0.3 is 0 Å². The molecule has 0 unspecified atom stereocenters. The van der Waals surface area contributed by atoms with Crippen LogP contribution in [-0.4, -0.2) is 31.4 Å². The zero-order chi connectivity index (χ0) is 15.2. The van der Waals surface area contributed by atoms with Crippen molar-refractivity contribution >= 4 is 29.1 Å². The van der Waals surface area contributed by atoms with Gasteiger partial charge in [-0.2, -0.15) is 0 Å². The Kier molecular flexibility index (Phi) is 5.59. The first kappa shape index (κ1) is 15.8. The largest absolute Gasteiger partial charge is 0.369 e. The van der Waals surface area contributed by atoms with E-state index >= 15 is 0 Å². The van der Waals surface area contributed by atoms with Gasteiger partial charge in [0.05, 0.1) is 26.1 Å². The first-order valence-corrected chi connectivity index (χ1v) is 7.60. The second-order valence-corrected chi connectivity index (χ2v) is 5.92. The lowest BCUT2D eigenvalue weighted by molar-refractivity contribution is -0.905. The van der Waals surface area contributed by atoms with E-state index in [0.717, 1.165) is 38.2 Å². The van der Waals surface area contributed by atoms with Crippen LogP contribution < -0.4 is 16.0 Å². The van der Waals surface area contributed by atoms with Crippen LogP contribution in [0, 0.1) is 5.92 Å². The van der Waals surface area contributed by atoms with E-state index in [1.54, 1.807) is 24.3 Å². The van der Waals surface area contributed by atoms with Crippen molar-refractivity contribution < 1.29 is 14.5 Å². The molecule has 114 valence electrons. The number of amides is 2. The molecule has 21 heavy (non-hydrogen) atoms. The summed E-state index contributed by atoms with van der Waals surface area (Å²) in [6, 6.07) is 7.06. The van der Waals surface area contributed by atoms with Gasteiger partial charge in [0.2, 0.25) is 11.8 Å². The monoisotopic (exact) mass is 310 g/mol. The summed E-state index contributed by atoms with van der Waals surface area (Å²) in [5.41, 5.74) is 6.07. The lowest BCUT2D eigenvalue weighted by atomic mass is 9.96. The van der Waals surface area contributed by atoms with Gasteiger partial charge in [0, 0.05) is 29.5 Å². The van der Waals surface area contributed by atoms with Gasteiger partial charge in [0.25, 0.3) is 0 Å². The van der Waals surface area contributed by atoms with Gasteiger partial charge < -0.3 is 16.0 Å². The van der Waals surface area contributed by atoms with Crippen LogP contribution in [0.15, 0.2) is 24.3 Å². The summed E-state index contributed by atoms with van der Waals surface area (Å²) in [6.07, 6.45) is 2.12. The number of quaternary nitrogens is 1. The summed E-state index contributed by atoms with van der Waals surface area (Å²) in [6.45, 7) is 2.59. The molecule has 1 saturated heterocycles. The van der Waals surface area contributed by atoms with E-state index in [9.17, 15) is 9.59 Å². The Morgan fingerprint density at radius 1 is 1.24 bits per heavy atom. The van der Waals surface area contributed by atoms with Crippen molar-refractivity contribution in [3.05, 3.63) is 29.3 Å². The fourth-order valence-corrected chi connectivity index (χ4v) is 2.73. The van der Waals surface area contributed by atoms with Gasteiger partial charge in [-0.15, -0.1) is 0 Å². The smallest absolute Gasteiger partial charge is 0.230 e. The standard InChI is InChI=1S/C15H20ClN3O2/c16-12-1-3-13(4-2-12)18-14(20)7-10-19-8-5-11(6-9-19)15(17)21/h1-4,11H,5-10H2,(H2,17,21)(H,18,20)/p+1. The topological polar surface area (TPSA) is 76.6 Å². The van der Waals surface area contributed by atoms with Crippen molar-refractivity contribution in [2.75, 3.05) is 25.0 Å². The Bertz CT molecular complexity index is 496. The number of nitrogens with two attached hydrogens (primary N) is 1. The highest BCUT2D eigenvalue weighted by Crippen LogP contribution is 2.13. The van der Waals surface area contributed by atoms with Crippen LogP contribution in [0.1, 0.15) is 19.3 Å². The molecular weight excluding hydrogens is 290 g/mol. The number of piperidine rings is 1. The van der Waals surface area contributed by atoms with Crippen molar-refractivity contribution in [2.24, 2.45) is 11.7 Å². The van der Waals surface area contributed by atoms with E-state index < -0.39 is 0 Å². The van der Waals surface area contributed by atoms with Crippen LogP contribution in [-0.2, 0) is 9.59 Å². The number of primary amides is 1. The molecule has 2 amide bonds. The Morgan fingerprint density at radius 2 is 1.86 bits per heavy atom. The molecule has 0 atom stereocenters. The van der Waals surface area contributed by atoms with Crippen molar-refractivity contribution in [1.82, 2.24) is 0 Å². The number of carbonyl (C=O) groups excluding carboxylic acids is 2. The van der Waals surface area contributed by atoms with Crippen LogP contribution >= 0.6 is 11.6 Å². The third-order valence-corrected chi connectivity index (χ3v) is 4.18. The zero-order valence-electron chi connectivity index (χ0n) is 11.9. The summed E-state index contributed by atoms with van der Waals surface area (Å²) in [7, 11) is 0. The van der Waals surface area contributed by atoms with Crippen LogP contribution in [0.4, 0.5) is 5.69 Å². The van der Waals surface area contributed by atoms with E-state index in [2.05, 4.69) is 5.32 Å². The zero-order valence-corrected chi connectivity index (χ0v) is 12.7. The van der Waals surface area contributed by atoms with Gasteiger partial charge in [0.1, 0.15) is 0 Å². The van der Waals surface area contributed by atoms with Gasteiger partial charge in [-0.05, 0) is 24.3 Å². The van der Waals surface area contributed by atoms with E-state index in [-0.39, 0.29) is 17.7 Å². The summed E-state index contributed by atoms with van der Waals surface area (Å²) in [4.78, 5) is 24.3. The van der Waals surface area contributed by atoms with Crippen molar-refractivity contribution in [3.63, 3.8) is 0 Å². The first-order valence-electron chi connectivity index (χ1n) is 7.23. The highest BCUT2D eigenvalue weighted by molar-refractivity contribution is 6.30. The molecule has 0 aliphatic carbocycles. The second kappa shape index (κ2) is 7.43. The highest BCUT2D eigenvalue weighted by Gasteiger charge is 2.25. The van der Waals surface area contributed by atoms with Gasteiger partial charge in [0.15, 0.2) is 0 Å². The minimum Gasteiger partial charge on any atom is -0.369 e. The minimum absolute atomic E-state index is 0.00171. The number of nitrogens with one attached hydrogen (secondary N) is 2. The van der Waals surface area contributed by atoms with Crippen LogP contribution in [0.25, 0.3) is 0 Å². The molecule has 1 fully saturated rings. The number of hydrogen-bond donors (Lipinski definition) is 3. The molecule has 0 radical (unpaired) electrons. The van der Waals surface area contributed by atoms with Crippen molar-refractivity contribution in [3.8, 4) is 0 Å². The fraction of sp³-hybridized carbons (Fsp3) is 0.467. The van der Waals surface area contributed by atoms with Crippen LogP contribution in [0.5, 0.6) is 0 Å². The fourth-order valence-electron chi connectivity index (χ4n) is 2.61. The third kappa shape index (κ3) is 5.02. The van der Waals surface area contributed by atoms with Crippen molar-refractivity contribution in [1.29, 1.82) is 0 Å². The molecule has 6 heteroatoms. The second-order valence-electron chi connectivity index (χ2n) is 5.48. The average molecular weight is 311 g/mol. The molecule has 0 bridgehead atoms. The van der Waals surface area contributed by atoms with E-state index in [0.29, 0.717) is 11.4 Å². The van der Waals surface area contributed by atoms with Gasteiger partial charge in [-0.1, -0.05) is 11.6 Å². The van der Waals surface area contributed by atoms with Gasteiger partial charge in [-0.25, -0.2) is 0 Å². The molecule has 4 N–H and O–H groups in total. The first-order chi connectivity index (χ1) is 10.0. The number of likely N-dealkylation sites (tertiary alicyclic amines) is 1. The third-order valence-electron chi connectivity index (χ3n) is 3.93. The number of anilines is 1. The predicted octanol–water partition coefficient (Wildman–Crippen LogP) is 0.449. The molecule has 1 aliphatic rings. The molecule has 1 aromatic carbocycles. The summed E-state index contributed by atoms with van der Waals surface area (Å²) in [5.74, 6) is -0.187. The maximum absolute atomic E-state index is 11.9. The maximum Gasteiger partial charge on any atom is 0.230 e. The highest BCUT2D eigenvalue weighted by atomic mass is 35.5. The van der Waals surface area contributed by atoms with E-state index in [1.807, 2.05) is 0 Å². The Balaban J connectivity index is 1.70. The molecule has 1 aromatic rings. The van der Waals surface area contributed by atoms with E-state index in [4.69, 9.17) is 17.3 Å². The normalized spacial score (nSPS) is 21.8. The average Bonchev–Trinajstić information content (AvgIpc) is 2.48.